The van der Waals surface area contributed by atoms with E-state index in [1.165, 1.54) is 6.07 Å². The maximum absolute atomic E-state index is 11.0. The standard InChI is InChI=1S/C14H18N4O3/c1-10(19)9-15-7-8-16-12-5-6-17-14-11(12)3-2-4-13(14)18(20)21/h2-6,10,15,19H,7-9H2,1H3,(H,16,17). The lowest BCUT2D eigenvalue weighted by molar-refractivity contribution is -0.383. The van der Waals surface area contributed by atoms with Gasteiger partial charge in [0.1, 0.15) is 5.52 Å². The van der Waals surface area contributed by atoms with Gasteiger partial charge >= 0.3 is 0 Å². The van der Waals surface area contributed by atoms with Crippen LogP contribution in [-0.2, 0) is 0 Å². The molecule has 0 saturated carbocycles. The van der Waals surface area contributed by atoms with E-state index in [-0.39, 0.29) is 11.8 Å². The van der Waals surface area contributed by atoms with E-state index in [0.29, 0.717) is 25.2 Å². The van der Waals surface area contributed by atoms with Crippen LogP contribution in [0, 0.1) is 10.1 Å². The molecular formula is C14H18N4O3. The summed E-state index contributed by atoms with van der Waals surface area (Å²) in [5.41, 5.74) is 1.19. The van der Waals surface area contributed by atoms with E-state index in [1.807, 2.05) is 0 Å². The molecule has 0 spiro atoms. The predicted molar refractivity (Wildman–Crippen MR) is 81.4 cm³/mol. The average Bonchev–Trinajstić information content (AvgIpc) is 2.46. The molecule has 1 unspecified atom stereocenters. The number of anilines is 1. The zero-order valence-electron chi connectivity index (χ0n) is 11.7. The van der Waals surface area contributed by atoms with E-state index in [4.69, 9.17) is 5.11 Å². The Balaban J connectivity index is 2.10. The fourth-order valence-corrected chi connectivity index (χ4v) is 2.06. The first-order chi connectivity index (χ1) is 10.1. The highest BCUT2D eigenvalue weighted by Crippen LogP contribution is 2.28. The Labute approximate surface area is 122 Å². The Kier molecular flexibility index (Phi) is 5.02. The van der Waals surface area contributed by atoms with Crippen molar-refractivity contribution in [2.75, 3.05) is 25.0 Å². The molecule has 0 aliphatic rings. The van der Waals surface area contributed by atoms with E-state index in [1.54, 1.807) is 31.3 Å². The molecule has 0 saturated heterocycles. The number of pyridine rings is 1. The van der Waals surface area contributed by atoms with Crippen LogP contribution in [0.15, 0.2) is 30.5 Å². The number of fused-ring (bicyclic) bond motifs is 1. The number of aliphatic hydroxyl groups is 1. The van der Waals surface area contributed by atoms with Gasteiger partial charge in [0, 0.05) is 43.0 Å². The van der Waals surface area contributed by atoms with Crippen LogP contribution in [0.5, 0.6) is 0 Å². The van der Waals surface area contributed by atoms with Crippen molar-refractivity contribution < 1.29 is 10.0 Å². The highest BCUT2D eigenvalue weighted by atomic mass is 16.6. The number of hydrogen-bond donors (Lipinski definition) is 3. The van der Waals surface area contributed by atoms with Gasteiger partial charge in [-0.25, -0.2) is 4.98 Å². The second kappa shape index (κ2) is 6.96. The van der Waals surface area contributed by atoms with Crippen molar-refractivity contribution in [3.05, 3.63) is 40.6 Å². The SMILES string of the molecule is CC(O)CNCCNc1ccnc2c([N+](=O)[O-])cccc12. The molecule has 2 rings (SSSR count). The first kappa shape index (κ1) is 15.1. The van der Waals surface area contributed by atoms with E-state index < -0.39 is 4.92 Å². The zero-order chi connectivity index (χ0) is 15.2. The summed E-state index contributed by atoms with van der Waals surface area (Å²) in [6.07, 6.45) is 1.18. The molecule has 7 heteroatoms. The molecule has 7 nitrogen and oxygen atoms in total. The van der Waals surface area contributed by atoms with Crippen molar-refractivity contribution in [1.82, 2.24) is 10.3 Å². The molecule has 0 radical (unpaired) electrons. The number of nitrogens with one attached hydrogen (secondary N) is 2. The van der Waals surface area contributed by atoms with E-state index in [2.05, 4.69) is 15.6 Å². The summed E-state index contributed by atoms with van der Waals surface area (Å²) in [6.45, 7) is 3.58. The molecule has 0 aliphatic carbocycles. The van der Waals surface area contributed by atoms with Gasteiger partial charge < -0.3 is 15.7 Å². The molecule has 0 amide bonds. The number of nitrogens with zero attached hydrogens (tertiary/aromatic N) is 2. The summed E-state index contributed by atoms with van der Waals surface area (Å²) < 4.78 is 0. The Morgan fingerprint density at radius 3 is 2.90 bits per heavy atom. The molecule has 1 aromatic heterocycles. The minimum absolute atomic E-state index is 0.00313. The average molecular weight is 290 g/mol. The van der Waals surface area contributed by atoms with Crippen LogP contribution in [-0.4, -0.2) is 40.8 Å². The second-order valence-electron chi connectivity index (χ2n) is 4.77. The van der Waals surface area contributed by atoms with Crippen molar-refractivity contribution >= 4 is 22.3 Å². The minimum atomic E-state index is -0.427. The number of benzene rings is 1. The summed E-state index contributed by atoms with van der Waals surface area (Å²) in [5.74, 6) is 0. The largest absolute Gasteiger partial charge is 0.392 e. The highest BCUT2D eigenvalue weighted by Gasteiger charge is 2.13. The van der Waals surface area contributed by atoms with Gasteiger partial charge in [-0.1, -0.05) is 12.1 Å². The number of aromatic nitrogens is 1. The zero-order valence-corrected chi connectivity index (χ0v) is 11.7. The van der Waals surface area contributed by atoms with Crippen molar-refractivity contribution in [2.24, 2.45) is 0 Å². The summed E-state index contributed by atoms with van der Waals surface area (Å²) in [6, 6.07) is 6.70. The third-order valence-corrected chi connectivity index (χ3v) is 3.00. The number of nitro groups is 1. The van der Waals surface area contributed by atoms with Gasteiger partial charge in [0.05, 0.1) is 11.0 Å². The molecule has 21 heavy (non-hydrogen) atoms. The molecule has 0 aliphatic heterocycles. The van der Waals surface area contributed by atoms with E-state index in [9.17, 15) is 10.1 Å². The highest BCUT2D eigenvalue weighted by molar-refractivity contribution is 5.96. The smallest absolute Gasteiger partial charge is 0.295 e. The monoisotopic (exact) mass is 290 g/mol. The third kappa shape index (κ3) is 3.87. The van der Waals surface area contributed by atoms with Crippen LogP contribution in [0.1, 0.15) is 6.92 Å². The number of hydrogen-bond acceptors (Lipinski definition) is 6. The Bertz CT molecular complexity index is 631. The van der Waals surface area contributed by atoms with E-state index >= 15 is 0 Å². The number of para-hydroxylation sites is 1. The third-order valence-electron chi connectivity index (χ3n) is 3.00. The first-order valence-electron chi connectivity index (χ1n) is 6.74. The Hall–Kier alpha value is -2.25. The fraction of sp³-hybridized carbons (Fsp3) is 0.357. The van der Waals surface area contributed by atoms with Crippen LogP contribution in [0.4, 0.5) is 11.4 Å². The number of rotatable bonds is 7. The molecule has 112 valence electrons. The maximum atomic E-state index is 11.0. The number of aliphatic hydroxyl groups excluding tert-OH is 1. The Morgan fingerprint density at radius 2 is 2.19 bits per heavy atom. The molecular weight excluding hydrogens is 272 g/mol. The fourth-order valence-electron chi connectivity index (χ4n) is 2.06. The topological polar surface area (TPSA) is 100 Å². The number of non-ortho nitro benzene ring substituents is 1. The number of nitro benzene ring substituents is 1. The molecule has 0 bridgehead atoms. The minimum Gasteiger partial charge on any atom is -0.392 e. The molecule has 1 aromatic carbocycles. The molecule has 1 atom stereocenters. The van der Waals surface area contributed by atoms with E-state index in [0.717, 1.165) is 11.1 Å². The molecule has 0 fully saturated rings. The summed E-state index contributed by atoms with van der Waals surface area (Å²) in [5, 5.41) is 27.2. The van der Waals surface area contributed by atoms with Crippen LogP contribution in [0.25, 0.3) is 10.9 Å². The lowest BCUT2D eigenvalue weighted by Crippen LogP contribution is -2.28. The van der Waals surface area contributed by atoms with Crippen molar-refractivity contribution in [1.29, 1.82) is 0 Å². The van der Waals surface area contributed by atoms with Gasteiger partial charge in [0.15, 0.2) is 0 Å². The summed E-state index contributed by atoms with van der Waals surface area (Å²) >= 11 is 0. The second-order valence-corrected chi connectivity index (χ2v) is 4.77. The van der Waals surface area contributed by atoms with Gasteiger partial charge in [0.2, 0.25) is 0 Å². The molecule has 1 heterocycles. The first-order valence-corrected chi connectivity index (χ1v) is 6.74. The van der Waals surface area contributed by atoms with Crippen LogP contribution in [0.3, 0.4) is 0 Å². The molecule has 3 N–H and O–H groups in total. The van der Waals surface area contributed by atoms with Crippen LogP contribution >= 0.6 is 0 Å². The lowest BCUT2D eigenvalue weighted by Gasteiger charge is -2.11. The van der Waals surface area contributed by atoms with Crippen molar-refractivity contribution in [3.8, 4) is 0 Å². The van der Waals surface area contributed by atoms with Gasteiger partial charge in [-0.3, -0.25) is 10.1 Å². The lowest BCUT2D eigenvalue weighted by atomic mass is 10.1. The van der Waals surface area contributed by atoms with Gasteiger partial charge in [-0.05, 0) is 13.0 Å². The van der Waals surface area contributed by atoms with Gasteiger partial charge in [0.25, 0.3) is 5.69 Å². The van der Waals surface area contributed by atoms with Crippen LogP contribution in [0.2, 0.25) is 0 Å². The normalized spacial score (nSPS) is 12.3. The van der Waals surface area contributed by atoms with Gasteiger partial charge in [-0.2, -0.15) is 0 Å². The van der Waals surface area contributed by atoms with Crippen molar-refractivity contribution in [3.63, 3.8) is 0 Å². The molecule has 2 aromatic rings. The summed E-state index contributed by atoms with van der Waals surface area (Å²) in [4.78, 5) is 14.7. The quantitative estimate of drug-likeness (QED) is 0.406. The van der Waals surface area contributed by atoms with Crippen LogP contribution < -0.4 is 10.6 Å². The van der Waals surface area contributed by atoms with Gasteiger partial charge in [-0.15, -0.1) is 0 Å². The summed E-state index contributed by atoms with van der Waals surface area (Å²) in [7, 11) is 0. The van der Waals surface area contributed by atoms with Crippen molar-refractivity contribution in [2.45, 2.75) is 13.0 Å². The maximum Gasteiger partial charge on any atom is 0.295 e. The predicted octanol–water partition coefficient (Wildman–Crippen LogP) is 1.53. The Morgan fingerprint density at radius 1 is 1.38 bits per heavy atom.